The van der Waals surface area contributed by atoms with Crippen LogP contribution in [0.25, 0.3) is 0 Å². The van der Waals surface area contributed by atoms with Crippen LogP contribution in [0.5, 0.6) is 0 Å². The summed E-state index contributed by atoms with van der Waals surface area (Å²) in [6.07, 6.45) is 2.23. The molecule has 0 aliphatic heterocycles. The number of amides is 1. The predicted molar refractivity (Wildman–Crippen MR) is 66.5 cm³/mol. The number of carbonyl (C=O) groups excluding carboxylic acids is 1. The van der Waals surface area contributed by atoms with E-state index < -0.39 is 5.97 Å². The number of carboxylic acid groups (broad SMARTS) is 1. The lowest BCUT2D eigenvalue weighted by Gasteiger charge is -2.16. The highest BCUT2D eigenvalue weighted by molar-refractivity contribution is 5.78. The largest absolute Gasteiger partial charge is 0.481 e. The summed E-state index contributed by atoms with van der Waals surface area (Å²) in [5.74, 6) is -0.497. The monoisotopic (exact) mass is 244 g/mol. The topological polar surface area (TPSA) is 92.4 Å². The maximum Gasteiger partial charge on any atom is 0.303 e. The molecule has 4 N–H and O–H groups in total. The minimum atomic E-state index is -0.795. The van der Waals surface area contributed by atoms with E-state index in [1.807, 2.05) is 0 Å². The van der Waals surface area contributed by atoms with Crippen molar-refractivity contribution >= 4 is 11.9 Å². The van der Waals surface area contributed by atoms with Crippen molar-refractivity contribution in [3.8, 4) is 0 Å². The summed E-state index contributed by atoms with van der Waals surface area (Å²) >= 11 is 0. The zero-order chi connectivity index (χ0) is 13.3. The predicted octanol–water partition coefficient (Wildman–Crippen LogP) is 0.979. The maximum absolute atomic E-state index is 11.7. The van der Waals surface area contributed by atoms with Crippen molar-refractivity contribution in [1.29, 1.82) is 0 Å². The van der Waals surface area contributed by atoms with E-state index >= 15 is 0 Å². The first kappa shape index (κ1) is 15.9. The average molecular weight is 244 g/mol. The van der Waals surface area contributed by atoms with Gasteiger partial charge in [0.2, 0.25) is 5.91 Å². The van der Waals surface area contributed by atoms with Crippen molar-refractivity contribution in [2.24, 2.45) is 17.6 Å². The van der Waals surface area contributed by atoms with Gasteiger partial charge in [-0.25, -0.2) is 0 Å². The van der Waals surface area contributed by atoms with Crippen LogP contribution in [0.4, 0.5) is 0 Å². The summed E-state index contributed by atoms with van der Waals surface area (Å²) in [5.41, 5.74) is 5.55. The molecular formula is C12H24N2O3. The molecule has 0 radical (unpaired) electrons. The third kappa shape index (κ3) is 8.68. The van der Waals surface area contributed by atoms with Gasteiger partial charge in [-0.15, -0.1) is 0 Å². The molecule has 0 rings (SSSR count). The van der Waals surface area contributed by atoms with Gasteiger partial charge in [-0.05, 0) is 25.2 Å². The van der Waals surface area contributed by atoms with Crippen LogP contribution in [0.2, 0.25) is 0 Å². The third-order valence-corrected chi connectivity index (χ3v) is 2.53. The average Bonchev–Trinajstić information content (AvgIpc) is 2.24. The Labute approximate surface area is 103 Å². The van der Waals surface area contributed by atoms with Gasteiger partial charge in [-0.2, -0.15) is 0 Å². The number of aliphatic carboxylic acids is 1. The van der Waals surface area contributed by atoms with E-state index in [2.05, 4.69) is 19.2 Å². The van der Waals surface area contributed by atoms with Crippen molar-refractivity contribution in [1.82, 2.24) is 5.32 Å². The summed E-state index contributed by atoms with van der Waals surface area (Å²) in [6, 6.07) is 0. The van der Waals surface area contributed by atoms with E-state index in [9.17, 15) is 9.59 Å². The number of rotatable bonds is 9. The minimum absolute atomic E-state index is 0.0171. The molecule has 1 atom stereocenters. The Kier molecular flexibility index (Phi) is 8.40. The summed E-state index contributed by atoms with van der Waals surface area (Å²) in [5, 5.41) is 11.2. The third-order valence-electron chi connectivity index (χ3n) is 2.53. The second-order valence-corrected chi connectivity index (χ2v) is 4.70. The van der Waals surface area contributed by atoms with Crippen LogP contribution >= 0.6 is 0 Å². The number of hydrogen-bond donors (Lipinski definition) is 3. The Morgan fingerprint density at radius 3 is 2.41 bits per heavy atom. The molecule has 17 heavy (non-hydrogen) atoms. The fraction of sp³-hybridized carbons (Fsp3) is 0.833. The Bertz CT molecular complexity index is 242. The molecular weight excluding hydrogens is 220 g/mol. The highest BCUT2D eigenvalue weighted by Crippen LogP contribution is 2.10. The van der Waals surface area contributed by atoms with Crippen molar-refractivity contribution < 1.29 is 14.7 Å². The van der Waals surface area contributed by atoms with Crippen LogP contribution in [0, 0.1) is 11.8 Å². The molecule has 0 heterocycles. The van der Waals surface area contributed by atoms with Gasteiger partial charge < -0.3 is 16.2 Å². The summed E-state index contributed by atoms with van der Waals surface area (Å²) in [6.45, 7) is 5.01. The van der Waals surface area contributed by atoms with Crippen molar-refractivity contribution in [3.05, 3.63) is 0 Å². The summed E-state index contributed by atoms with van der Waals surface area (Å²) in [7, 11) is 0. The second kappa shape index (κ2) is 8.98. The lowest BCUT2D eigenvalue weighted by atomic mass is 9.96. The molecule has 0 aliphatic rings. The molecule has 0 spiro atoms. The molecule has 1 amide bonds. The molecule has 1 unspecified atom stereocenters. The molecule has 0 aromatic rings. The first-order chi connectivity index (χ1) is 7.97. The minimum Gasteiger partial charge on any atom is -0.481 e. The molecule has 0 bridgehead atoms. The highest BCUT2D eigenvalue weighted by Gasteiger charge is 2.17. The van der Waals surface area contributed by atoms with Crippen LogP contribution in [0.15, 0.2) is 0 Å². The normalized spacial score (nSPS) is 12.5. The fourth-order valence-electron chi connectivity index (χ4n) is 1.64. The van der Waals surface area contributed by atoms with Gasteiger partial charge in [-0.1, -0.05) is 13.8 Å². The van der Waals surface area contributed by atoms with Gasteiger partial charge in [0.05, 0.1) is 5.92 Å². The molecule has 5 heteroatoms. The number of carbonyl (C=O) groups is 2. The van der Waals surface area contributed by atoms with Gasteiger partial charge >= 0.3 is 5.97 Å². The number of hydrogen-bond acceptors (Lipinski definition) is 3. The van der Waals surface area contributed by atoms with Crippen LogP contribution in [0.3, 0.4) is 0 Å². The van der Waals surface area contributed by atoms with Crippen LogP contribution in [0.1, 0.15) is 39.5 Å². The number of nitrogens with two attached hydrogens (primary N) is 1. The van der Waals surface area contributed by atoms with Crippen LogP contribution in [-0.4, -0.2) is 30.1 Å². The van der Waals surface area contributed by atoms with E-state index in [0.717, 1.165) is 6.42 Å². The first-order valence-electron chi connectivity index (χ1n) is 6.17. The smallest absolute Gasteiger partial charge is 0.303 e. The number of unbranched alkanes of at least 4 members (excludes halogenated alkanes) is 1. The SMILES string of the molecule is CC(C)CC(CN)C(=O)NCCCCC(=O)O. The first-order valence-corrected chi connectivity index (χ1v) is 6.17. The van der Waals surface area contributed by atoms with E-state index in [4.69, 9.17) is 10.8 Å². The molecule has 0 saturated heterocycles. The summed E-state index contributed by atoms with van der Waals surface area (Å²) < 4.78 is 0. The molecule has 100 valence electrons. The second-order valence-electron chi connectivity index (χ2n) is 4.70. The molecule has 5 nitrogen and oxygen atoms in total. The molecule has 0 aromatic carbocycles. The Morgan fingerprint density at radius 1 is 1.29 bits per heavy atom. The lowest BCUT2D eigenvalue weighted by molar-refractivity contribution is -0.137. The molecule has 0 saturated carbocycles. The fourth-order valence-corrected chi connectivity index (χ4v) is 1.64. The Hall–Kier alpha value is -1.10. The van der Waals surface area contributed by atoms with Gasteiger partial charge in [0, 0.05) is 19.5 Å². The Morgan fingerprint density at radius 2 is 1.94 bits per heavy atom. The highest BCUT2D eigenvalue weighted by atomic mass is 16.4. The van der Waals surface area contributed by atoms with Gasteiger partial charge in [0.1, 0.15) is 0 Å². The zero-order valence-electron chi connectivity index (χ0n) is 10.7. The van der Waals surface area contributed by atoms with Crippen molar-refractivity contribution in [2.75, 3.05) is 13.1 Å². The van der Waals surface area contributed by atoms with Crippen LogP contribution < -0.4 is 11.1 Å². The quantitative estimate of drug-likeness (QED) is 0.527. The molecule has 0 aromatic heterocycles. The molecule has 0 fully saturated rings. The van der Waals surface area contributed by atoms with E-state index in [1.165, 1.54) is 0 Å². The van der Waals surface area contributed by atoms with E-state index in [-0.39, 0.29) is 18.2 Å². The summed E-state index contributed by atoms with van der Waals surface area (Å²) in [4.78, 5) is 22.0. The van der Waals surface area contributed by atoms with E-state index in [0.29, 0.717) is 31.8 Å². The molecule has 0 aliphatic carbocycles. The van der Waals surface area contributed by atoms with Gasteiger partial charge in [0.25, 0.3) is 0 Å². The number of nitrogens with one attached hydrogen (secondary N) is 1. The van der Waals surface area contributed by atoms with Crippen molar-refractivity contribution in [3.63, 3.8) is 0 Å². The maximum atomic E-state index is 11.7. The van der Waals surface area contributed by atoms with Crippen molar-refractivity contribution in [2.45, 2.75) is 39.5 Å². The lowest BCUT2D eigenvalue weighted by Crippen LogP contribution is -2.36. The van der Waals surface area contributed by atoms with E-state index in [1.54, 1.807) is 0 Å². The van der Waals surface area contributed by atoms with Gasteiger partial charge in [-0.3, -0.25) is 9.59 Å². The van der Waals surface area contributed by atoms with Crippen LogP contribution in [-0.2, 0) is 9.59 Å². The standard InChI is InChI=1S/C12H24N2O3/c1-9(2)7-10(8-13)12(17)14-6-4-3-5-11(15)16/h9-10H,3-8,13H2,1-2H3,(H,14,17)(H,15,16). The zero-order valence-corrected chi connectivity index (χ0v) is 10.7. The Balaban J connectivity index is 3.72. The number of carboxylic acids is 1. The van der Waals surface area contributed by atoms with Gasteiger partial charge in [0.15, 0.2) is 0 Å².